The van der Waals surface area contributed by atoms with E-state index >= 15 is 0 Å². The van der Waals surface area contributed by atoms with Gasteiger partial charge in [0.2, 0.25) is 10.0 Å². The van der Waals surface area contributed by atoms with Crippen molar-refractivity contribution in [2.45, 2.75) is 4.90 Å². The third kappa shape index (κ3) is 4.37. The van der Waals surface area contributed by atoms with Crippen LogP contribution in [0.1, 0.15) is 20.8 Å². The molecule has 138 valence electrons. The van der Waals surface area contributed by atoms with Crippen molar-refractivity contribution in [1.82, 2.24) is 21.0 Å². The van der Waals surface area contributed by atoms with E-state index in [2.05, 4.69) is 21.0 Å². The highest BCUT2D eigenvalue weighted by Gasteiger charge is 2.14. The molecule has 0 atom stereocenters. The second-order valence-corrected chi connectivity index (χ2v) is 7.07. The summed E-state index contributed by atoms with van der Waals surface area (Å²) in [5.74, 6) is -1.20. The maximum absolute atomic E-state index is 12.1. The summed E-state index contributed by atoms with van der Waals surface area (Å²) in [5.41, 5.74) is 6.24. The van der Waals surface area contributed by atoms with Crippen LogP contribution in [-0.4, -0.2) is 30.4 Å². The SMILES string of the molecule is NS(=O)(=O)c1ccc(C(=O)NNC(=O)c2cc(-c3ccccc3)n[nH]2)cc1. The first-order chi connectivity index (χ1) is 12.8. The van der Waals surface area contributed by atoms with Crippen molar-refractivity contribution in [3.05, 3.63) is 71.9 Å². The lowest BCUT2D eigenvalue weighted by molar-refractivity contribution is 0.0844. The summed E-state index contributed by atoms with van der Waals surface area (Å²) in [5, 5.41) is 11.7. The molecule has 0 aliphatic heterocycles. The van der Waals surface area contributed by atoms with Crippen LogP contribution < -0.4 is 16.0 Å². The molecule has 0 fully saturated rings. The number of primary sulfonamides is 1. The Hall–Kier alpha value is -3.50. The summed E-state index contributed by atoms with van der Waals surface area (Å²) in [6, 6.07) is 15.8. The fourth-order valence-corrected chi connectivity index (χ4v) is 2.76. The predicted octanol–water partition coefficient (Wildman–Crippen LogP) is 0.799. The zero-order valence-electron chi connectivity index (χ0n) is 13.8. The molecule has 2 amide bonds. The van der Waals surface area contributed by atoms with Crippen molar-refractivity contribution in [2.75, 3.05) is 0 Å². The maximum atomic E-state index is 12.1. The molecule has 0 unspecified atom stereocenters. The van der Waals surface area contributed by atoms with E-state index in [4.69, 9.17) is 5.14 Å². The minimum Gasteiger partial charge on any atom is -0.272 e. The fourth-order valence-electron chi connectivity index (χ4n) is 2.24. The number of amides is 2. The molecule has 9 nitrogen and oxygen atoms in total. The van der Waals surface area contributed by atoms with Crippen molar-refractivity contribution in [3.8, 4) is 11.3 Å². The molecular formula is C17H15N5O4S. The largest absolute Gasteiger partial charge is 0.287 e. The molecule has 1 heterocycles. The van der Waals surface area contributed by atoms with E-state index in [0.717, 1.165) is 5.56 Å². The summed E-state index contributed by atoms with van der Waals surface area (Å²) >= 11 is 0. The van der Waals surface area contributed by atoms with Crippen molar-refractivity contribution < 1.29 is 18.0 Å². The van der Waals surface area contributed by atoms with E-state index in [1.54, 1.807) is 6.07 Å². The van der Waals surface area contributed by atoms with Crippen LogP contribution in [0.15, 0.2) is 65.6 Å². The van der Waals surface area contributed by atoms with Crippen LogP contribution in [0.4, 0.5) is 0 Å². The van der Waals surface area contributed by atoms with Gasteiger partial charge in [0, 0.05) is 11.1 Å². The van der Waals surface area contributed by atoms with Gasteiger partial charge >= 0.3 is 0 Å². The first kappa shape index (κ1) is 18.3. The van der Waals surface area contributed by atoms with Crippen LogP contribution in [0, 0.1) is 0 Å². The summed E-state index contributed by atoms with van der Waals surface area (Å²) in [6.07, 6.45) is 0. The summed E-state index contributed by atoms with van der Waals surface area (Å²) in [6.45, 7) is 0. The van der Waals surface area contributed by atoms with Gasteiger partial charge in [-0.25, -0.2) is 13.6 Å². The number of benzene rings is 2. The van der Waals surface area contributed by atoms with Crippen LogP contribution in [0.25, 0.3) is 11.3 Å². The summed E-state index contributed by atoms with van der Waals surface area (Å²) in [7, 11) is -3.84. The van der Waals surface area contributed by atoms with Gasteiger partial charge in [-0.2, -0.15) is 5.10 Å². The van der Waals surface area contributed by atoms with Gasteiger partial charge in [-0.3, -0.25) is 25.5 Å². The molecule has 27 heavy (non-hydrogen) atoms. The Balaban J connectivity index is 1.62. The maximum Gasteiger partial charge on any atom is 0.287 e. The van der Waals surface area contributed by atoms with Crippen LogP contribution in [0.5, 0.6) is 0 Å². The number of nitrogens with two attached hydrogens (primary N) is 1. The molecule has 3 aromatic rings. The lowest BCUT2D eigenvalue weighted by atomic mass is 10.1. The van der Waals surface area contributed by atoms with Crippen molar-refractivity contribution in [2.24, 2.45) is 5.14 Å². The van der Waals surface area contributed by atoms with Crippen LogP contribution in [-0.2, 0) is 10.0 Å². The molecule has 5 N–H and O–H groups in total. The average Bonchev–Trinajstić information content (AvgIpc) is 3.16. The molecule has 0 aliphatic carbocycles. The Morgan fingerprint density at radius 2 is 1.56 bits per heavy atom. The molecular weight excluding hydrogens is 370 g/mol. The first-order valence-corrected chi connectivity index (χ1v) is 9.23. The van der Waals surface area contributed by atoms with Gasteiger partial charge in [-0.15, -0.1) is 0 Å². The number of sulfonamides is 1. The average molecular weight is 385 g/mol. The Morgan fingerprint density at radius 1 is 0.926 bits per heavy atom. The van der Waals surface area contributed by atoms with Gasteiger partial charge in [0.1, 0.15) is 5.69 Å². The van der Waals surface area contributed by atoms with Gasteiger partial charge < -0.3 is 0 Å². The van der Waals surface area contributed by atoms with Crippen LogP contribution in [0.2, 0.25) is 0 Å². The molecule has 10 heteroatoms. The number of aromatic amines is 1. The highest BCUT2D eigenvalue weighted by atomic mass is 32.2. The number of hydrazine groups is 1. The Labute approximate surface area is 154 Å². The number of nitrogens with zero attached hydrogens (tertiary/aromatic N) is 1. The number of nitrogens with one attached hydrogen (secondary N) is 3. The fraction of sp³-hybridized carbons (Fsp3) is 0. The van der Waals surface area contributed by atoms with Crippen molar-refractivity contribution in [1.29, 1.82) is 0 Å². The summed E-state index contributed by atoms with van der Waals surface area (Å²) in [4.78, 5) is 24.0. The van der Waals surface area contributed by atoms with Crippen LogP contribution in [0.3, 0.4) is 0 Å². The lowest BCUT2D eigenvalue weighted by Crippen LogP contribution is -2.41. The highest BCUT2D eigenvalue weighted by Crippen LogP contribution is 2.16. The second kappa shape index (κ2) is 7.40. The lowest BCUT2D eigenvalue weighted by Gasteiger charge is -2.06. The molecule has 1 aromatic heterocycles. The zero-order chi connectivity index (χ0) is 19.4. The van der Waals surface area contributed by atoms with Gasteiger partial charge in [0.15, 0.2) is 0 Å². The summed E-state index contributed by atoms with van der Waals surface area (Å²) < 4.78 is 22.4. The van der Waals surface area contributed by atoms with E-state index in [9.17, 15) is 18.0 Å². The smallest absolute Gasteiger partial charge is 0.272 e. The van der Waals surface area contributed by atoms with Gasteiger partial charge in [0.05, 0.1) is 10.6 Å². The minimum absolute atomic E-state index is 0.117. The van der Waals surface area contributed by atoms with Crippen LogP contribution >= 0.6 is 0 Å². The number of hydrogen-bond donors (Lipinski definition) is 4. The third-order valence-corrected chi connectivity index (χ3v) is 4.56. The predicted molar refractivity (Wildman–Crippen MR) is 96.8 cm³/mol. The molecule has 3 rings (SSSR count). The van der Waals surface area contributed by atoms with E-state index in [-0.39, 0.29) is 16.2 Å². The van der Waals surface area contributed by atoms with Crippen molar-refractivity contribution in [3.63, 3.8) is 0 Å². The number of carbonyl (C=O) groups excluding carboxylic acids is 2. The Kier molecular flexibility index (Phi) is 5.01. The second-order valence-electron chi connectivity index (χ2n) is 5.51. The monoisotopic (exact) mass is 385 g/mol. The topological polar surface area (TPSA) is 147 Å². The van der Waals surface area contributed by atoms with Gasteiger partial charge in [-0.05, 0) is 30.3 Å². The molecule has 0 aliphatic rings. The minimum atomic E-state index is -3.84. The van der Waals surface area contributed by atoms with Gasteiger partial charge in [0.25, 0.3) is 11.8 Å². The molecule has 0 radical (unpaired) electrons. The van der Waals surface area contributed by atoms with Gasteiger partial charge in [-0.1, -0.05) is 30.3 Å². The number of H-pyrrole nitrogens is 1. The Bertz CT molecular complexity index is 1080. The number of aromatic nitrogens is 2. The highest BCUT2D eigenvalue weighted by molar-refractivity contribution is 7.89. The Morgan fingerprint density at radius 3 is 2.19 bits per heavy atom. The molecule has 0 bridgehead atoms. The van der Waals surface area contributed by atoms with E-state index in [1.807, 2.05) is 30.3 Å². The van der Waals surface area contributed by atoms with E-state index in [1.165, 1.54) is 24.3 Å². The number of hydrogen-bond acceptors (Lipinski definition) is 5. The molecule has 0 spiro atoms. The molecule has 0 saturated carbocycles. The normalized spacial score (nSPS) is 11.0. The number of carbonyl (C=O) groups is 2. The zero-order valence-corrected chi connectivity index (χ0v) is 14.7. The van der Waals surface area contributed by atoms with E-state index in [0.29, 0.717) is 5.69 Å². The van der Waals surface area contributed by atoms with Crippen molar-refractivity contribution >= 4 is 21.8 Å². The third-order valence-electron chi connectivity index (χ3n) is 3.63. The quantitative estimate of drug-likeness (QED) is 0.491. The molecule has 0 saturated heterocycles. The standard InChI is InChI=1S/C17H15N5O4S/c18-27(25,26)13-8-6-12(7-9-13)16(23)21-22-17(24)15-10-14(19-20-15)11-4-2-1-3-5-11/h1-10H,(H,19,20)(H,21,23)(H,22,24)(H2,18,25,26). The van der Waals surface area contributed by atoms with E-state index < -0.39 is 21.8 Å². The molecule has 2 aromatic carbocycles. The number of rotatable bonds is 4. The first-order valence-electron chi connectivity index (χ1n) is 7.69.